The quantitative estimate of drug-likeness (QED) is 0.328. The van der Waals surface area contributed by atoms with E-state index in [2.05, 4.69) is 39.0 Å². The molecule has 0 aromatic heterocycles. The Morgan fingerprint density at radius 1 is 1.75 bits per heavy atom. The monoisotopic (exact) mass is 194 g/mol. The molecule has 0 aromatic rings. The number of rotatable bonds is 1. The first kappa shape index (κ1) is 6.73. The third-order valence-corrected chi connectivity index (χ3v) is 5.77. The fraction of sp³-hybridized carbons (Fsp3) is 1.00. The van der Waals surface area contributed by atoms with Crippen LogP contribution in [0.5, 0.6) is 0 Å². The van der Waals surface area contributed by atoms with Crippen LogP contribution in [0, 0.1) is 0 Å². The van der Waals surface area contributed by atoms with Crippen molar-refractivity contribution in [2.75, 3.05) is 13.6 Å². The third-order valence-electron chi connectivity index (χ3n) is 1.48. The summed E-state index contributed by atoms with van der Waals surface area (Å²) in [5.41, 5.74) is 0. The van der Waals surface area contributed by atoms with Gasteiger partial charge in [-0.25, -0.2) is 0 Å². The molecule has 1 fully saturated rings. The van der Waals surface area contributed by atoms with Crippen molar-refractivity contribution < 1.29 is 0 Å². The summed E-state index contributed by atoms with van der Waals surface area (Å²) in [5, 5.41) is 0.555. The van der Waals surface area contributed by atoms with E-state index < -0.39 is 0 Å². The van der Waals surface area contributed by atoms with Gasteiger partial charge in [-0.2, -0.15) is 0 Å². The molecule has 48 valence electrons. The van der Waals surface area contributed by atoms with E-state index in [-0.39, 0.29) is 9.84 Å². The first-order valence-corrected chi connectivity index (χ1v) is 5.02. The van der Waals surface area contributed by atoms with Crippen molar-refractivity contribution in [3.05, 3.63) is 0 Å². The van der Waals surface area contributed by atoms with Crippen molar-refractivity contribution in [3.8, 4) is 0 Å². The highest BCUT2D eigenvalue weighted by molar-refractivity contribution is 9.09. The van der Waals surface area contributed by atoms with Crippen LogP contribution in [-0.4, -0.2) is 37.6 Å². The molecule has 1 rings (SSSR count). The van der Waals surface area contributed by atoms with E-state index in [9.17, 15) is 0 Å². The van der Waals surface area contributed by atoms with Gasteiger partial charge in [0.05, 0.1) is 0 Å². The van der Waals surface area contributed by atoms with Crippen LogP contribution in [-0.2, 0) is 0 Å². The molecule has 0 N–H and O–H groups in total. The highest BCUT2D eigenvalue weighted by Crippen LogP contribution is 2.18. The lowest BCUT2D eigenvalue weighted by Gasteiger charge is -2.45. The second-order valence-electron chi connectivity index (χ2n) is 2.11. The molecule has 1 heterocycles. The van der Waals surface area contributed by atoms with Crippen molar-refractivity contribution in [2.24, 2.45) is 0 Å². The van der Waals surface area contributed by atoms with E-state index in [1.807, 2.05) is 0 Å². The third kappa shape index (κ3) is 0.977. The van der Waals surface area contributed by atoms with Crippen LogP contribution in [0.3, 0.4) is 0 Å². The molecule has 1 saturated heterocycles. The molecule has 8 heavy (non-hydrogen) atoms. The number of hydrogen-bond acceptors (Lipinski definition) is 2. The average molecular weight is 195 g/mol. The Bertz CT molecular complexity index is 90.1. The van der Waals surface area contributed by atoms with E-state index in [1.54, 1.807) is 0 Å². The highest BCUT2D eigenvalue weighted by atomic mass is 79.9. The van der Waals surface area contributed by atoms with Gasteiger partial charge in [-0.3, -0.25) is 9.13 Å². The molecule has 0 amide bonds. The second-order valence-corrected chi connectivity index (χ2v) is 5.03. The van der Waals surface area contributed by atoms with Gasteiger partial charge >= 0.3 is 0 Å². The fourth-order valence-corrected chi connectivity index (χ4v) is 3.17. The number of nitrogens with zero attached hydrogens (tertiary/aromatic N) is 2. The number of alkyl halides is 1. The zero-order chi connectivity index (χ0) is 6.15. The zero-order valence-corrected chi connectivity index (χ0v) is 8.26. The fourth-order valence-electron chi connectivity index (χ4n) is 0.854. The lowest BCUT2D eigenvalue weighted by Crippen LogP contribution is -2.61. The van der Waals surface area contributed by atoms with Gasteiger partial charge in [0.1, 0.15) is 5.08 Å². The Morgan fingerprint density at radius 3 is 2.50 bits per heavy atom. The maximum Gasteiger partial charge on any atom is 0.176 e. The summed E-state index contributed by atoms with van der Waals surface area (Å²) in [5.74, 6) is 0. The van der Waals surface area contributed by atoms with E-state index in [4.69, 9.17) is 0 Å². The molecule has 1 atom stereocenters. The van der Waals surface area contributed by atoms with Crippen LogP contribution in [0.1, 0.15) is 6.92 Å². The summed E-state index contributed by atoms with van der Waals surface area (Å²) in [7, 11) is 2.18. The maximum atomic E-state index is 3.54. The van der Waals surface area contributed by atoms with Gasteiger partial charge < -0.3 is 0 Å². The summed E-state index contributed by atoms with van der Waals surface area (Å²) < 4.78 is 4.85. The van der Waals surface area contributed by atoms with Crippen LogP contribution in [0.2, 0.25) is 0 Å². The largest absolute Gasteiger partial charge is 0.296 e. The molecule has 0 saturated carbocycles. The molecule has 2 nitrogen and oxygen atoms in total. The smallest absolute Gasteiger partial charge is 0.176 e. The van der Waals surface area contributed by atoms with Crippen molar-refractivity contribution in [3.63, 3.8) is 0 Å². The maximum absolute atomic E-state index is 3.54. The molecule has 0 bridgehead atoms. The van der Waals surface area contributed by atoms with E-state index >= 15 is 0 Å². The van der Waals surface area contributed by atoms with Crippen molar-refractivity contribution >= 4 is 25.8 Å². The van der Waals surface area contributed by atoms with Gasteiger partial charge in [-0.05, 0) is 13.6 Å². The Morgan fingerprint density at radius 2 is 2.38 bits per heavy atom. The van der Waals surface area contributed by atoms with Crippen LogP contribution < -0.4 is 0 Å². The van der Waals surface area contributed by atoms with Gasteiger partial charge in [0.15, 0.2) is 9.84 Å². The molecule has 1 aliphatic rings. The predicted molar refractivity (Wildman–Crippen MR) is 41.4 cm³/mol. The molecule has 0 aromatic carbocycles. The lowest BCUT2D eigenvalue weighted by atomic mass is 10.7. The molecule has 1 aliphatic heterocycles. The summed E-state index contributed by atoms with van der Waals surface area (Å²) in [6.07, 6.45) is 0. The van der Waals surface area contributed by atoms with Gasteiger partial charge in [0.2, 0.25) is 0 Å². The van der Waals surface area contributed by atoms with E-state index in [0.29, 0.717) is 5.08 Å². The summed E-state index contributed by atoms with van der Waals surface area (Å²) in [6, 6.07) is 0. The van der Waals surface area contributed by atoms with E-state index in [1.165, 1.54) is 6.54 Å². The van der Waals surface area contributed by atoms with Gasteiger partial charge in [0.25, 0.3) is 0 Å². The first-order chi connectivity index (χ1) is 3.75. The standard InChI is InChI=1S/C4H11BrN2Si/c1-3-7-4(5)6(2)8-7/h4H,3,8H2,1-2H3. The zero-order valence-electron chi connectivity index (χ0n) is 5.26. The lowest BCUT2D eigenvalue weighted by molar-refractivity contribution is 0.212. The van der Waals surface area contributed by atoms with Crippen molar-refractivity contribution in [1.29, 1.82) is 0 Å². The topological polar surface area (TPSA) is 6.48 Å². The Balaban J connectivity index is 2.25. The minimum absolute atomic E-state index is 0.0156. The van der Waals surface area contributed by atoms with Crippen LogP contribution in [0.15, 0.2) is 0 Å². The average Bonchev–Trinajstić information content (AvgIpc) is 1.81. The summed E-state index contributed by atoms with van der Waals surface area (Å²) in [4.78, 5) is 0. The predicted octanol–water partition coefficient (Wildman–Crippen LogP) is -0.0690. The second kappa shape index (κ2) is 2.47. The number of hydrogen-bond donors (Lipinski definition) is 0. The van der Waals surface area contributed by atoms with Crippen molar-refractivity contribution in [1.82, 2.24) is 9.13 Å². The van der Waals surface area contributed by atoms with Crippen molar-refractivity contribution in [2.45, 2.75) is 12.0 Å². The minimum Gasteiger partial charge on any atom is -0.296 e. The Hall–Kier alpha value is 0.617. The van der Waals surface area contributed by atoms with Crippen LogP contribution >= 0.6 is 15.9 Å². The molecular formula is C4H11BrN2Si. The molecular weight excluding hydrogens is 184 g/mol. The van der Waals surface area contributed by atoms with Gasteiger partial charge in [-0.1, -0.05) is 22.9 Å². The molecule has 0 aliphatic carbocycles. The summed E-state index contributed by atoms with van der Waals surface area (Å²) in [6.45, 7) is 3.40. The Kier molecular flexibility index (Phi) is 2.08. The molecule has 0 spiro atoms. The SMILES string of the molecule is CCN1[SiH2]N(C)C1Br. The Labute approximate surface area is 60.9 Å². The van der Waals surface area contributed by atoms with Gasteiger partial charge in [0, 0.05) is 0 Å². The number of halogens is 1. The minimum atomic E-state index is 0.0156. The first-order valence-electron chi connectivity index (χ1n) is 2.84. The normalized spacial score (nSPS) is 35.6. The molecule has 1 unspecified atom stereocenters. The van der Waals surface area contributed by atoms with Gasteiger partial charge in [-0.15, -0.1) is 0 Å². The van der Waals surface area contributed by atoms with Crippen LogP contribution in [0.25, 0.3) is 0 Å². The summed E-state index contributed by atoms with van der Waals surface area (Å²) >= 11 is 3.54. The molecule has 0 radical (unpaired) electrons. The van der Waals surface area contributed by atoms with Crippen LogP contribution in [0.4, 0.5) is 0 Å². The molecule has 4 heteroatoms. The van der Waals surface area contributed by atoms with E-state index in [0.717, 1.165) is 0 Å². The highest BCUT2D eigenvalue weighted by Gasteiger charge is 2.29.